The van der Waals surface area contributed by atoms with Gasteiger partial charge < -0.3 is 10.1 Å². The van der Waals surface area contributed by atoms with Crippen molar-refractivity contribution in [3.05, 3.63) is 24.3 Å². The molecule has 0 radical (unpaired) electrons. The van der Waals surface area contributed by atoms with Crippen LogP contribution in [0.2, 0.25) is 0 Å². The van der Waals surface area contributed by atoms with Gasteiger partial charge in [0.15, 0.2) is 10.9 Å². The zero-order valence-electron chi connectivity index (χ0n) is 11.1. The van der Waals surface area contributed by atoms with Crippen LogP contribution in [0, 0.1) is 0 Å². The number of ether oxygens (including phenoxy) is 1. The minimum absolute atomic E-state index is 0.157. The summed E-state index contributed by atoms with van der Waals surface area (Å²) in [4.78, 5) is 4.40. The number of anilines is 1. The number of para-hydroxylation sites is 2. The molecule has 1 aromatic rings. The second kappa shape index (κ2) is 5.95. The van der Waals surface area contributed by atoms with Gasteiger partial charge in [-0.15, -0.1) is 13.2 Å². The number of aliphatic imine (C=N–C) groups is 1. The average Bonchev–Trinajstić information content (AvgIpc) is 2.28. The molecule has 1 aliphatic heterocycles. The van der Waals surface area contributed by atoms with E-state index in [-0.39, 0.29) is 17.5 Å². The first-order valence-corrected chi connectivity index (χ1v) is 7.08. The van der Waals surface area contributed by atoms with Crippen LogP contribution in [0.4, 0.5) is 18.9 Å². The maximum atomic E-state index is 12.3. The van der Waals surface area contributed by atoms with Gasteiger partial charge in [0.05, 0.1) is 11.7 Å². The maximum Gasteiger partial charge on any atom is 0.573 e. The first-order chi connectivity index (χ1) is 9.33. The molecule has 2 rings (SSSR count). The average molecular weight is 304 g/mol. The molecule has 0 spiro atoms. The molecule has 1 aromatic carbocycles. The lowest BCUT2D eigenvalue weighted by molar-refractivity contribution is -0.274. The van der Waals surface area contributed by atoms with E-state index in [9.17, 15) is 13.2 Å². The summed E-state index contributed by atoms with van der Waals surface area (Å²) in [6, 6.07) is 6.11. The summed E-state index contributed by atoms with van der Waals surface area (Å²) >= 11 is 1.51. The Morgan fingerprint density at radius 1 is 1.30 bits per heavy atom. The molecule has 1 heterocycles. The fourth-order valence-electron chi connectivity index (χ4n) is 1.96. The zero-order valence-corrected chi connectivity index (χ0v) is 11.9. The highest BCUT2D eigenvalue weighted by Gasteiger charge is 2.32. The number of thioether (sulfide) groups is 1. The molecule has 2 atom stereocenters. The van der Waals surface area contributed by atoms with Crippen LogP contribution in [0.3, 0.4) is 0 Å². The van der Waals surface area contributed by atoms with E-state index < -0.39 is 6.36 Å². The number of nitrogens with zero attached hydrogens (tertiary/aromatic N) is 1. The topological polar surface area (TPSA) is 33.6 Å². The number of halogens is 3. The van der Waals surface area contributed by atoms with E-state index in [1.165, 1.54) is 30.0 Å². The molecule has 0 fully saturated rings. The fourth-order valence-corrected chi connectivity index (χ4v) is 3.13. The Labute approximate surface area is 119 Å². The smallest absolute Gasteiger partial charge is 0.404 e. The summed E-state index contributed by atoms with van der Waals surface area (Å²) in [6.07, 6.45) is -3.75. The van der Waals surface area contributed by atoms with E-state index in [0.717, 1.165) is 6.42 Å². The van der Waals surface area contributed by atoms with Gasteiger partial charge >= 0.3 is 6.36 Å². The van der Waals surface area contributed by atoms with Crippen molar-refractivity contribution < 1.29 is 17.9 Å². The number of hydrogen-bond donors (Lipinski definition) is 1. The molecule has 0 bridgehead atoms. The minimum Gasteiger partial charge on any atom is -0.404 e. The second-order valence-electron chi connectivity index (χ2n) is 4.62. The molecule has 110 valence electrons. The molecular formula is C13H15F3N2OS. The molecule has 0 amide bonds. The standard InChI is InChI=1S/C13H15F3N2OS/c1-8-7-9(2)20-12(17-8)18-10-5-3-4-6-11(10)19-13(14,15)16/h3-6,8-9H,7H2,1-2H3,(H,17,18). The molecule has 3 nitrogen and oxygen atoms in total. The van der Waals surface area contributed by atoms with Crippen LogP contribution in [-0.4, -0.2) is 22.8 Å². The molecule has 20 heavy (non-hydrogen) atoms. The van der Waals surface area contributed by atoms with Gasteiger partial charge in [-0.2, -0.15) is 0 Å². The number of benzene rings is 1. The summed E-state index contributed by atoms with van der Waals surface area (Å²) in [6.45, 7) is 4.05. The third kappa shape index (κ3) is 4.33. The predicted octanol–water partition coefficient (Wildman–Crippen LogP) is 4.27. The third-order valence-corrected chi connectivity index (χ3v) is 3.70. The minimum atomic E-state index is -4.71. The van der Waals surface area contributed by atoms with E-state index in [1.54, 1.807) is 6.07 Å². The normalized spacial score (nSPS) is 23.1. The molecule has 0 aliphatic carbocycles. The molecule has 7 heteroatoms. The quantitative estimate of drug-likeness (QED) is 0.886. The van der Waals surface area contributed by atoms with Crippen LogP contribution >= 0.6 is 11.8 Å². The van der Waals surface area contributed by atoms with Crippen molar-refractivity contribution in [3.63, 3.8) is 0 Å². The van der Waals surface area contributed by atoms with Gasteiger partial charge in [-0.25, -0.2) is 0 Å². The highest BCUT2D eigenvalue weighted by atomic mass is 32.2. The zero-order chi connectivity index (χ0) is 14.8. The Kier molecular flexibility index (Phi) is 4.47. The Hall–Kier alpha value is -1.37. The van der Waals surface area contributed by atoms with Gasteiger partial charge in [-0.1, -0.05) is 30.8 Å². The lowest BCUT2D eigenvalue weighted by Crippen LogP contribution is -2.23. The Balaban J connectivity index is 2.17. The maximum absolute atomic E-state index is 12.3. The highest BCUT2D eigenvalue weighted by molar-refractivity contribution is 8.14. The summed E-state index contributed by atoms with van der Waals surface area (Å²) in [5, 5.41) is 3.92. The van der Waals surface area contributed by atoms with Gasteiger partial charge in [0.2, 0.25) is 0 Å². The van der Waals surface area contributed by atoms with Gasteiger partial charge in [0.1, 0.15) is 0 Å². The highest BCUT2D eigenvalue weighted by Crippen LogP contribution is 2.32. The van der Waals surface area contributed by atoms with Crippen molar-refractivity contribution >= 4 is 22.6 Å². The van der Waals surface area contributed by atoms with Gasteiger partial charge in [0.25, 0.3) is 0 Å². The summed E-state index contributed by atoms with van der Waals surface area (Å²) in [5.74, 6) is -0.255. The van der Waals surface area contributed by atoms with E-state index in [2.05, 4.69) is 22.0 Å². The summed E-state index contributed by atoms with van der Waals surface area (Å²) < 4.78 is 41.0. The largest absolute Gasteiger partial charge is 0.573 e. The van der Waals surface area contributed by atoms with E-state index >= 15 is 0 Å². The van der Waals surface area contributed by atoms with E-state index in [4.69, 9.17) is 0 Å². The van der Waals surface area contributed by atoms with Crippen LogP contribution in [0.1, 0.15) is 20.3 Å². The summed E-state index contributed by atoms with van der Waals surface area (Å²) in [7, 11) is 0. The van der Waals surface area contributed by atoms with Crippen LogP contribution in [-0.2, 0) is 0 Å². The number of hydrogen-bond acceptors (Lipinski definition) is 4. The number of amidine groups is 1. The third-order valence-electron chi connectivity index (χ3n) is 2.68. The Morgan fingerprint density at radius 2 is 2.00 bits per heavy atom. The van der Waals surface area contributed by atoms with Crippen molar-refractivity contribution in [3.8, 4) is 5.75 Å². The van der Waals surface area contributed by atoms with Crippen molar-refractivity contribution in [1.82, 2.24) is 0 Å². The lowest BCUT2D eigenvalue weighted by atomic mass is 10.2. The SMILES string of the molecule is CC1CC(C)SC(Nc2ccccc2OC(F)(F)F)=N1. The van der Waals surface area contributed by atoms with Crippen molar-refractivity contribution in [2.75, 3.05) is 5.32 Å². The first-order valence-electron chi connectivity index (χ1n) is 6.20. The molecule has 0 saturated heterocycles. The lowest BCUT2D eigenvalue weighted by Gasteiger charge is -2.23. The van der Waals surface area contributed by atoms with Crippen molar-refractivity contribution in [2.24, 2.45) is 4.99 Å². The molecule has 2 unspecified atom stereocenters. The van der Waals surface area contributed by atoms with Crippen LogP contribution in [0.5, 0.6) is 5.75 Å². The Morgan fingerprint density at radius 3 is 2.65 bits per heavy atom. The molecule has 0 aromatic heterocycles. The Bertz CT molecular complexity index is 505. The van der Waals surface area contributed by atoms with Crippen LogP contribution in [0.25, 0.3) is 0 Å². The van der Waals surface area contributed by atoms with Crippen LogP contribution in [0.15, 0.2) is 29.3 Å². The molecular weight excluding hydrogens is 289 g/mol. The van der Waals surface area contributed by atoms with Crippen LogP contribution < -0.4 is 10.1 Å². The monoisotopic (exact) mass is 304 g/mol. The van der Waals surface area contributed by atoms with Crippen molar-refractivity contribution in [1.29, 1.82) is 0 Å². The van der Waals surface area contributed by atoms with E-state index in [1.807, 2.05) is 6.92 Å². The number of rotatable bonds is 2. The predicted molar refractivity (Wildman–Crippen MR) is 75.3 cm³/mol. The second-order valence-corrected chi connectivity index (χ2v) is 6.04. The molecule has 1 N–H and O–H groups in total. The van der Waals surface area contributed by atoms with Crippen molar-refractivity contribution in [2.45, 2.75) is 37.9 Å². The number of nitrogens with one attached hydrogen (secondary N) is 1. The van der Waals surface area contributed by atoms with Gasteiger partial charge in [0, 0.05) is 5.25 Å². The molecule has 1 aliphatic rings. The first kappa shape index (κ1) is 15.0. The van der Waals surface area contributed by atoms with Gasteiger partial charge in [-0.3, -0.25) is 4.99 Å². The van der Waals surface area contributed by atoms with E-state index in [0.29, 0.717) is 10.4 Å². The fraction of sp³-hybridized carbons (Fsp3) is 0.462. The molecule has 0 saturated carbocycles. The van der Waals surface area contributed by atoms with Gasteiger partial charge in [-0.05, 0) is 25.5 Å². The summed E-state index contributed by atoms with van der Waals surface area (Å²) in [5.41, 5.74) is 0.261. The number of alkyl halides is 3.